The van der Waals surface area contributed by atoms with Gasteiger partial charge in [0, 0.05) is 11.8 Å². The van der Waals surface area contributed by atoms with Crippen molar-refractivity contribution in [2.24, 2.45) is 0 Å². The summed E-state index contributed by atoms with van der Waals surface area (Å²) in [5.41, 5.74) is -1.86. The van der Waals surface area contributed by atoms with E-state index in [9.17, 15) is 23.5 Å². The van der Waals surface area contributed by atoms with Gasteiger partial charge in [-0.15, -0.1) is 0 Å². The summed E-state index contributed by atoms with van der Waals surface area (Å²) in [7, 11) is 1.09. The Morgan fingerprint density at radius 1 is 1.62 bits per heavy atom. The van der Waals surface area contributed by atoms with Gasteiger partial charge in [-0.1, -0.05) is 0 Å². The van der Waals surface area contributed by atoms with E-state index in [4.69, 9.17) is 0 Å². The third-order valence-electron chi connectivity index (χ3n) is 1.91. The highest BCUT2D eigenvalue weighted by Gasteiger charge is 2.21. The molecule has 0 bridgehead atoms. The van der Waals surface area contributed by atoms with Crippen LogP contribution in [0.4, 0.5) is 8.78 Å². The minimum atomic E-state index is -2.99. The van der Waals surface area contributed by atoms with Gasteiger partial charge in [0.25, 0.3) is 12.0 Å². The molecule has 2 N–H and O–H groups in total. The SMILES string of the molecule is COC(=O)Cc1[nH]c(=O)cc(O)c1C(F)F. The molecule has 1 aromatic rings. The number of nitrogens with one attached hydrogen (secondary N) is 1. The molecule has 1 heterocycles. The predicted octanol–water partition coefficient (Wildman–Crippen LogP) is 0.734. The molecule has 0 atom stereocenters. The van der Waals surface area contributed by atoms with Crippen LogP contribution in [0.3, 0.4) is 0 Å². The Morgan fingerprint density at radius 2 is 2.25 bits per heavy atom. The minimum absolute atomic E-state index is 0.341. The maximum atomic E-state index is 12.5. The average Bonchev–Trinajstić information content (AvgIpc) is 2.15. The molecule has 0 aliphatic carbocycles. The number of aromatic hydroxyl groups is 1. The van der Waals surface area contributed by atoms with Crippen LogP contribution in [0.2, 0.25) is 0 Å². The molecule has 7 heteroatoms. The number of ether oxygens (including phenoxy) is 1. The Labute approximate surface area is 88.7 Å². The topological polar surface area (TPSA) is 79.4 Å². The van der Waals surface area contributed by atoms with Gasteiger partial charge in [0.05, 0.1) is 19.1 Å². The van der Waals surface area contributed by atoms with Crippen LogP contribution in [-0.2, 0) is 16.0 Å². The second-order valence-corrected chi connectivity index (χ2v) is 2.96. The number of methoxy groups -OCH3 is 1. The fraction of sp³-hybridized carbons (Fsp3) is 0.333. The van der Waals surface area contributed by atoms with Gasteiger partial charge in [-0.05, 0) is 0 Å². The van der Waals surface area contributed by atoms with Crippen LogP contribution in [0.1, 0.15) is 17.7 Å². The van der Waals surface area contributed by atoms with E-state index in [-0.39, 0.29) is 5.69 Å². The summed E-state index contributed by atoms with van der Waals surface area (Å²) in [5, 5.41) is 9.18. The Morgan fingerprint density at radius 3 is 2.75 bits per heavy atom. The highest BCUT2D eigenvalue weighted by atomic mass is 19.3. The van der Waals surface area contributed by atoms with Crippen molar-refractivity contribution in [3.63, 3.8) is 0 Å². The van der Waals surface area contributed by atoms with Gasteiger partial charge in [0.2, 0.25) is 0 Å². The largest absolute Gasteiger partial charge is 0.507 e. The second kappa shape index (κ2) is 4.73. The molecule has 0 saturated carbocycles. The molecular weight excluding hydrogens is 224 g/mol. The number of alkyl halides is 2. The highest BCUT2D eigenvalue weighted by molar-refractivity contribution is 5.72. The van der Waals surface area contributed by atoms with E-state index in [1.54, 1.807) is 0 Å². The number of carbonyl (C=O) groups is 1. The van der Waals surface area contributed by atoms with Crippen LogP contribution in [-0.4, -0.2) is 23.2 Å². The first-order valence-corrected chi connectivity index (χ1v) is 4.25. The summed E-state index contributed by atoms with van der Waals surface area (Å²) in [5.74, 6) is -1.62. The molecule has 1 aromatic heterocycles. The van der Waals surface area contributed by atoms with Crippen molar-refractivity contribution in [2.75, 3.05) is 7.11 Å². The number of aromatic nitrogens is 1. The van der Waals surface area contributed by atoms with Crippen molar-refractivity contribution < 1.29 is 23.4 Å². The van der Waals surface area contributed by atoms with Gasteiger partial charge in [-0.2, -0.15) is 0 Å². The molecule has 5 nitrogen and oxygen atoms in total. The molecule has 0 aliphatic rings. The lowest BCUT2D eigenvalue weighted by Crippen LogP contribution is -2.15. The quantitative estimate of drug-likeness (QED) is 0.754. The molecular formula is C9H9F2NO4. The van der Waals surface area contributed by atoms with E-state index in [1.165, 1.54) is 0 Å². The van der Waals surface area contributed by atoms with E-state index in [2.05, 4.69) is 9.72 Å². The molecule has 0 spiro atoms. The number of esters is 1. The minimum Gasteiger partial charge on any atom is -0.507 e. The predicted molar refractivity (Wildman–Crippen MR) is 49.4 cm³/mol. The maximum absolute atomic E-state index is 12.5. The van der Waals surface area contributed by atoms with Crippen molar-refractivity contribution in [1.29, 1.82) is 0 Å². The van der Waals surface area contributed by atoms with Crippen molar-refractivity contribution in [3.05, 3.63) is 27.7 Å². The fourth-order valence-electron chi connectivity index (χ4n) is 1.21. The number of carbonyl (C=O) groups excluding carboxylic acids is 1. The number of H-pyrrole nitrogens is 1. The van der Waals surface area contributed by atoms with Crippen LogP contribution in [0.25, 0.3) is 0 Å². The highest BCUT2D eigenvalue weighted by Crippen LogP contribution is 2.29. The smallest absolute Gasteiger partial charge is 0.311 e. The number of rotatable bonds is 3. The van der Waals surface area contributed by atoms with Gasteiger partial charge in [0.1, 0.15) is 5.75 Å². The molecule has 0 aromatic carbocycles. The van der Waals surface area contributed by atoms with Crippen LogP contribution >= 0.6 is 0 Å². The summed E-state index contributed by atoms with van der Waals surface area (Å²) < 4.78 is 29.4. The normalized spacial score (nSPS) is 10.5. The molecule has 0 aliphatic heterocycles. The van der Waals surface area contributed by atoms with E-state index in [0.717, 1.165) is 7.11 Å². The van der Waals surface area contributed by atoms with E-state index in [1.807, 2.05) is 0 Å². The molecule has 88 valence electrons. The van der Waals surface area contributed by atoms with Gasteiger partial charge < -0.3 is 14.8 Å². The molecule has 0 unspecified atom stereocenters. The summed E-state index contributed by atoms with van der Waals surface area (Å²) in [4.78, 5) is 23.9. The van der Waals surface area contributed by atoms with Gasteiger partial charge in [-0.3, -0.25) is 9.59 Å². The fourth-order valence-corrected chi connectivity index (χ4v) is 1.21. The summed E-state index contributed by atoms with van der Waals surface area (Å²) >= 11 is 0. The number of aromatic amines is 1. The molecule has 0 fully saturated rings. The lowest BCUT2D eigenvalue weighted by Gasteiger charge is -2.09. The first-order chi connectivity index (χ1) is 7.45. The van der Waals surface area contributed by atoms with Crippen LogP contribution in [0.5, 0.6) is 5.75 Å². The molecule has 1 rings (SSSR count). The Hall–Kier alpha value is -1.92. The molecule has 0 amide bonds. The first-order valence-electron chi connectivity index (χ1n) is 4.25. The van der Waals surface area contributed by atoms with Crippen LogP contribution in [0.15, 0.2) is 10.9 Å². The Bertz CT molecular complexity index is 455. The van der Waals surface area contributed by atoms with E-state index in [0.29, 0.717) is 6.07 Å². The maximum Gasteiger partial charge on any atom is 0.311 e. The van der Waals surface area contributed by atoms with Crippen molar-refractivity contribution in [3.8, 4) is 5.75 Å². The monoisotopic (exact) mass is 233 g/mol. The zero-order valence-electron chi connectivity index (χ0n) is 8.29. The number of halogens is 2. The molecule has 0 radical (unpaired) electrons. The average molecular weight is 233 g/mol. The Kier molecular flexibility index (Phi) is 3.60. The molecule has 0 saturated heterocycles. The van der Waals surface area contributed by atoms with E-state index < -0.39 is 35.7 Å². The zero-order valence-corrected chi connectivity index (χ0v) is 8.29. The summed E-state index contributed by atoms with van der Waals surface area (Å²) in [6, 6.07) is 0.627. The van der Waals surface area contributed by atoms with Crippen LogP contribution in [0, 0.1) is 0 Å². The van der Waals surface area contributed by atoms with Crippen molar-refractivity contribution in [1.82, 2.24) is 4.98 Å². The standard InChI is InChI=1S/C9H9F2NO4/c1-16-7(15)2-4-8(9(10)11)5(13)3-6(14)12-4/h3,9H,2H2,1H3,(H2,12,13,14). The number of hydrogen-bond donors (Lipinski definition) is 2. The summed E-state index contributed by atoms with van der Waals surface area (Å²) in [6.07, 6.45) is -3.52. The van der Waals surface area contributed by atoms with Gasteiger partial charge >= 0.3 is 5.97 Å². The summed E-state index contributed by atoms with van der Waals surface area (Å²) in [6.45, 7) is 0. The van der Waals surface area contributed by atoms with Crippen molar-refractivity contribution in [2.45, 2.75) is 12.8 Å². The second-order valence-electron chi connectivity index (χ2n) is 2.96. The van der Waals surface area contributed by atoms with Crippen LogP contribution < -0.4 is 5.56 Å². The lowest BCUT2D eigenvalue weighted by molar-refractivity contribution is -0.139. The van der Waals surface area contributed by atoms with Gasteiger partial charge in [0.15, 0.2) is 0 Å². The zero-order chi connectivity index (χ0) is 12.3. The lowest BCUT2D eigenvalue weighted by atomic mass is 10.1. The van der Waals surface area contributed by atoms with E-state index >= 15 is 0 Å². The number of hydrogen-bond acceptors (Lipinski definition) is 4. The third kappa shape index (κ3) is 2.56. The van der Waals surface area contributed by atoms with Gasteiger partial charge in [-0.25, -0.2) is 8.78 Å². The Balaban J connectivity index is 3.24. The number of pyridine rings is 1. The molecule has 16 heavy (non-hydrogen) atoms. The first kappa shape index (κ1) is 12.2. The third-order valence-corrected chi connectivity index (χ3v) is 1.91. The van der Waals surface area contributed by atoms with Crippen molar-refractivity contribution >= 4 is 5.97 Å².